The van der Waals surface area contributed by atoms with Gasteiger partial charge in [0.2, 0.25) is 11.8 Å². The topological polar surface area (TPSA) is 92.1 Å². The second kappa shape index (κ2) is 10.5. The van der Waals surface area contributed by atoms with Crippen LogP contribution in [0.15, 0.2) is 62.5 Å². The summed E-state index contributed by atoms with van der Waals surface area (Å²) in [5, 5.41) is 0.558. The predicted octanol–water partition coefficient (Wildman–Crippen LogP) is 4.86. The lowest BCUT2D eigenvalue weighted by molar-refractivity contribution is -0.137. The average molecular weight is 545 g/mol. The van der Waals surface area contributed by atoms with Crippen molar-refractivity contribution >= 4 is 34.2 Å². The van der Waals surface area contributed by atoms with Crippen LogP contribution in [0.25, 0.3) is 11.0 Å². The van der Waals surface area contributed by atoms with Gasteiger partial charge < -0.3 is 23.2 Å². The largest absolute Gasteiger partial charge is 0.465 e. The normalized spacial score (nSPS) is 15.3. The zero-order chi connectivity index (χ0) is 28.8. The number of hydrogen-bond acceptors (Lipinski definition) is 6. The molecule has 0 fully saturated rings. The van der Waals surface area contributed by atoms with E-state index >= 15 is 0 Å². The number of fused-ring (bicyclic) bond motifs is 2. The molecule has 9 nitrogen and oxygen atoms in total. The minimum Gasteiger partial charge on any atom is -0.465 e. The van der Waals surface area contributed by atoms with Gasteiger partial charge in [-0.2, -0.15) is 0 Å². The summed E-state index contributed by atoms with van der Waals surface area (Å²) in [6, 6.07) is 11.5. The Hall–Kier alpha value is -4.11. The van der Waals surface area contributed by atoms with E-state index in [4.69, 9.17) is 8.83 Å². The summed E-state index contributed by atoms with van der Waals surface area (Å²) in [6.45, 7) is 11.9. The molecule has 4 aromatic rings. The molecule has 9 heteroatoms. The Morgan fingerprint density at radius 2 is 1.73 bits per heavy atom. The minimum absolute atomic E-state index is 0.0898. The molecule has 0 N–H and O–H groups in total. The van der Waals surface area contributed by atoms with Crippen LogP contribution in [-0.4, -0.2) is 41.4 Å². The zero-order valence-corrected chi connectivity index (χ0v) is 24.0. The summed E-state index contributed by atoms with van der Waals surface area (Å²) in [5.74, 6) is 1.29. The number of aryl methyl sites for hydroxylation is 2. The van der Waals surface area contributed by atoms with Crippen molar-refractivity contribution in [2.45, 2.75) is 54.3 Å². The van der Waals surface area contributed by atoms with Gasteiger partial charge in [-0.3, -0.25) is 19.3 Å². The molecule has 0 radical (unpaired) electrons. The number of amides is 2. The molecular weight excluding hydrogens is 508 g/mol. The first-order valence-corrected chi connectivity index (χ1v) is 13.6. The molecule has 0 saturated heterocycles. The van der Waals surface area contributed by atoms with Gasteiger partial charge in [-0.1, -0.05) is 6.07 Å². The summed E-state index contributed by atoms with van der Waals surface area (Å²) in [4.78, 5) is 45.0. The van der Waals surface area contributed by atoms with Crippen LogP contribution in [0, 0.1) is 19.3 Å². The fourth-order valence-electron chi connectivity index (χ4n) is 5.40. The van der Waals surface area contributed by atoms with Crippen LogP contribution in [0.5, 0.6) is 0 Å². The smallest absolute Gasteiger partial charge is 0.261 e. The van der Waals surface area contributed by atoms with Crippen LogP contribution < -0.4 is 15.4 Å². The number of furan rings is 2. The highest BCUT2D eigenvalue weighted by molar-refractivity contribution is 6.19. The van der Waals surface area contributed by atoms with E-state index in [2.05, 4.69) is 4.90 Å². The molecule has 0 bridgehead atoms. The maximum Gasteiger partial charge on any atom is 0.261 e. The number of rotatable bonds is 8. The molecule has 1 aliphatic heterocycles. The quantitative estimate of drug-likeness (QED) is 0.294. The van der Waals surface area contributed by atoms with Gasteiger partial charge in [-0.05, 0) is 76.1 Å². The molecule has 0 unspecified atom stereocenters. The third-order valence-electron chi connectivity index (χ3n) is 7.88. The first-order valence-electron chi connectivity index (χ1n) is 13.6. The number of benzene rings is 1. The Morgan fingerprint density at radius 3 is 2.42 bits per heavy atom. The lowest BCUT2D eigenvalue weighted by Crippen LogP contribution is -2.47. The van der Waals surface area contributed by atoms with Crippen molar-refractivity contribution in [2.75, 3.05) is 29.9 Å². The fraction of sp³-hybridized carbons (Fsp3) is 0.387. The molecule has 1 aromatic carbocycles. The summed E-state index contributed by atoms with van der Waals surface area (Å²) in [5.41, 5.74) is 2.83. The standard InChI is InChI=1S/C31H36N4O5/c1-7-35-25-9-8-22(17-26(25)32(6)29(37)31(4,5)30(35)38)18-33(19-23-16-20(2)21(3)40-23)13-14-34-12-10-27-24(28(34)36)11-15-39-27/h8-12,15-17H,7,13-14,18-19H2,1-6H3. The molecule has 0 aliphatic carbocycles. The van der Waals surface area contributed by atoms with Gasteiger partial charge >= 0.3 is 0 Å². The Balaban J connectivity index is 1.45. The van der Waals surface area contributed by atoms with Gasteiger partial charge in [0.1, 0.15) is 22.5 Å². The lowest BCUT2D eigenvalue weighted by Gasteiger charge is -2.27. The number of pyridine rings is 1. The van der Waals surface area contributed by atoms with Gasteiger partial charge in [0.05, 0.1) is 29.6 Å². The number of carbonyl (C=O) groups is 2. The van der Waals surface area contributed by atoms with Gasteiger partial charge in [0.25, 0.3) is 5.56 Å². The first-order chi connectivity index (χ1) is 19.0. The van der Waals surface area contributed by atoms with Crippen molar-refractivity contribution in [3.63, 3.8) is 0 Å². The maximum absolute atomic E-state index is 13.3. The monoisotopic (exact) mass is 544 g/mol. The molecule has 0 spiro atoms. The molecule has 4 heterocycles. The molecule has 0 saturated carbocycles. The van der Waals surface area contributed by atoms with Crippen LogP contribution in [0.3, 0.4) is 0 Å². The molecule has 2 amide bonds. The van der Waals surface area contributed by atoms with Crippen molar-refractivity contribution in [3.05, 3.63) is 81.9 Å². The van der Waals surface area contributed by atoms with E-state index in [-0.39, 0.29) is 17.4 Å². The van der Waals surface area contributed by atoms with E-state index < -0.39 is 5.41 Å². The Labute approximate surface area is 233 Å². The van der Waals surface area contributed by atoms with E-state index in [9.17, 15) is 14.4 Å². The SMILES string of the molecule is CCN1C(=O)C(C)(C)C(=O)N(C)c2cc(CN(CCn3ccc4occc4c3=O)Cc3cc(C)c(C)o3)ccc21. The summed E-state index contributed by atoms with van der Waals surface area (Å²) in [7, 11) is 1.73. The summed E-state index contributed by atoms with van der Waals surface area (Å²) in [6.07, 6.45) is 3.29. The van der Waals surface area contributed by atoms with E-state index in [0.29, 0.717) is 49.4 Å². The van der Waals surface area contributed by atoms with E-state index in [1.165, 1.54) is 6.26 Å². The number of anilines is 2. The Kier molecular flexibility index (Phi) is 7.18. The van der Waals surface area contributed by atoms with E-state index in [1.54, 1.807) is 47.5 Å². The van der Waals surface area contributed by atoms with Crippen molar-refractivity contribution < 1.29 is 18.4 Å². The average Bonchev–Trinajstić information content (AvgIpc) is 3.53. The maximum atomic E-state index is 13.3. The first kappa shape index (κ1) is 27.5. The molecule has 5 rings (SSSR count). The Morgan fingerprint density at radius 1 is 0.950 bits per heavy atom. The minimum atomic E-state index is -1.16. The van der Waals surface area contributed by atoms with Gasteiger partial charge in [-0.15, -0.1) is 0 Å². The third-order valence-corrected chi connectivity index (χ3v) is 7.88. The number of aromatic nitrogens is 1. The third kappa shape index (κ3) is 4.86. The predicted molar refractivity (Wildman–Crippen MR) is 154 cm³/mol. The molecule has 40 heavy (non-hydrogen) atoms. The van der Waals surface area contributed by atoms with Crippen LogP contribution in [-0.2, 0) is 29.2 Å². The van der Waals surface area contributed by atoms with Crippen LogP contribution in [0.4, 0.5) is 11.4 Å². The van der Waals surface area contributed by atoms with Crippen molar-refractivity contribution in [1.29, 1.82) is 0 Å². The second-order valence-corrected chi connectivity index (χ2v) is 11.0. The molecule has 1 aliphatic rings. The number of hydrogen-bond donors (Lipinski definition) is 0. The molecular formula is C31H36N4O5. The van der Waals surface area contributed by atoms with Gasteiger partial charge in [0, 0.05) is 39.4 Å². The van der Waals surface area contributed by atoms with Crippen molar-refractivity contribution in [3.8, 4) is 0 Å². The molecule has 0 atom stereocenters. The number of nitrogens with zero attached hydrogens (tertiary/aromatic N) is 4. The van der Waals surface area contributed by atoms with Gasteiger partial charge in [0.15, 0.2) is 0 Å². The van der Waals surface area contributed by atoms with Crippen molar-refractivity contribution in [2.24, 2.45) is 5.41 Å². The van der Waals surface area contributed by atoms with E-state index in [0.717, 1.165) is 28.3 Å². The second-order valence-electron chi connectivity index (χ2n) is 11.0. The van der Waals surface area contributed by atoms with Gasteiger partial charge in [-0.25, -0.2) is 0 Å². The van der Waals surface area contributed by atoms with Crippen molar-refractivity contribution in [1.82, 2.24) is 9.47 Å². The van der Waals surface area contributed by atoms with Crippen LogP contribution >= 0.6 is 0 Å². The summed E-state index contributed by atoms with van der Waals surface area (Å²) < 4.78 is 13.0. The Bertz CT molecular complexity index is 1620. The van der Waals surface area contributed by atoms with E-state index in [1.807, 2.05) is 51.1 Å². The highest BCUT2D eigenvalue weighted by Gasteiger charge is 2.45. The highest BCUT2D eigenvalue weighted by Crippen LogP contribution is 2.39. The highest BCUT2D eigenvalue weighted by atomic mass is 16.3. The molecule has 210 valence electrons. The zero-order valence-electron chi connectivity index (χ0n) is 24.0. The van der Waals surface area contributed by atoms with Crippen LogP contribution in [0.1, 0.15) is 43.4 Å². The molecule has 3 aromatic heterocycles. The summed E-state index contributed by atoms with van der Waals surface area (Å²) >= 11 is 0. The van der Waals surface area contributed by atoms with Crippen LogP contribution in [0.2, 0.25) is 0 Å². The number of carbonyl (C=O) groups excluding carboxylic acids is 2. The lowest BCUT2D eigenvalue weighted by atomic mass is 9.90. The fourth-order valence-corrected chi connectivity index (χ4v) is 5.40.